The summed E-state index contributed by atoms with van der Waals surface area (Å²) in [4.78, 5) is 26.2. The number of benzene rings is 1. The first-order valence-electron chi connectivity index (χ1n) is 8.90. The number of piperidine rings is 1. The van der Waals surface area contributed by atoms with E-state index in [0.717, 1.165) is 29.7 Å². The molecule has 25 heavy (non-hydrogen) atoms. The van der Waals surface area contributed by atoms with E-state index in [-0.39, 0.29) is 17.7 Å². The SMILES string of the molecule is CCNC(=O)C1CCN(C(=O)/C=C(\C)Cc2ccccc2OC)CC1. The highest BCUT2D eigenvalue weighted by atomic mass is 16.5. The molecular weight excluding hydrogens is 316 g/mol. The Morgan fingerprint density at radius 3 is 2.60 bits per heavy atom. The number of methoxy groups -OCH3 is 1. The number of amides is 2. The summed E-state index contributed by atoms with van der Waals surface area (Å²) in [5.41, 5.74) is 2.07. The quantitative estimate of drug-likeness (QED) is 0.807. The van der Waals surface area contributed by atoms with Crippen LogP contribution in [0.2, 0.25) is 0 Å². The fourth-order valence-corrected chi connectivity index (χ4v) is 3.18. The number of para-hydroxylation sites is 1. The normalized spacial score (nSPS) is 15.8. The van der Waals surface area contributed by atoms with E-state index in [2.05, 4.69) is 5.32 Å². The van der Waals surface area contributed by atoms with Crippen LogP contribution in [-0.4, -0.2) is 43.5 Å². The Morgan fingerprint density at radius 1 is 1.28 bits per heavy atom. The minimum Gasteiger partial charge on any atom is -0.496 e. The van der Waals surface area contributed by atoms with Crippen molar-refractivity contribution >= 4 is 11.8 Å². The van der Waals surface area contributed by atoms with Crippen LogP contribution in [0.5, 0.6) is 5.75 Å². The van der Waals surface area contributed by atoms with Gasteiger partial charge >= 0.3 is 0 Å². The van der Waals surface area contributed by atoms with Crippen LogP contribution in [0.15, 0.2) is 35.9 Å². The number of nitrogens with one attached hydrogen (secondary N) is 1. The number of nitrogens with zero attached hydrogens (tertiary/aromatic N) is 1. The number of likely N-dealkylation sites (tertiary alicyclic amines) is 1. The van der Waals surface area contributed by atoms with Crippen molar-refractivity contribution in [3.8, 4) is 5.75 Å². The molecule has 0 spiro atoms. The first-order chi connectivity index (χ1) is 12.0. The highest BCUT2D eigenvalue weighted by Crippen LogP contribution is 2.21. The average Bonchev–Trinajstić information content (AvgIpc) is 2.62. The van der Waals surface area contributed by atoms with Gasteiger partial charge in [-0.1, -0.05) is 23.8 Å². The Morgan fingerprint density at radius 2 is 1.96 bits per heavy atom. The van der Waals surface area contributed by atoms with E-state index in [4.69, 9.17) is 4.74 Å². The van der Waals surface area contributed by atoms with Crippen molar-refractivity contribution in [2.45, 2.75) is 33.1 Å². The summed E-state index contributed by atoms with van der Waals surface area (Å²) >= 11 is 0. The van der Waals surface area contributed by atoms with Gasteiger partial charge in [0.15, 0.2) is 0 Å². The predicted octanol–water partition coefficient (Wildman–Crippen LogP) is 2.56. The van der Waals surface area contributed by atoms with Gasteiger partial charge < -0.3 is 15.0 Å². The number of rotatable bonds is 6. The Balaban J connectivity index is 1.91. The van der Waals surface area contributed by atoms with E-state index in [9.17, 15) is 9.59 Å². The molecular formula is C20H28N2O3. The predicted molar refractivity (Wildman–Crippen MR) is 98.4 cm³/mol. The van der Waals surface area contributed by atoms with Gasteiger partial charge in [0.2, 0.25) is 11.8 Å². The standard InChI is InChI=1S/C20H28N2O3/c1-4-21-20(24)16-9-11-22(12-10-16)19(23)14-15(2)13-17-7-5-6-8-18(17)25-3/h5-8,14,16H,4,9-13H2,1-3H3,(H,21,24)/b15-14+. The summed E-state index contributed by atoms with van der Waals surface area (Å²) in [7, 11) is 1.65. The molecule has 1 aromatic carbocycles. The van der Waals surface area contributed by atoms with E-state index in [0.29, 0.717) is 26.1 Å². The Bertz CT molecular complexity index is 632. The van der Waals surface area contributed by atoms with Crippen LogP contribution in [0.3, 0.4) is 0 Å². The summed E-state index contributed by atoms with van der Waals surface area (Å²) in [6, 6.07) is 7.85. The van der Waals surface area contributed by atoms with Crippen molar-refractivity contribution < 1.29 is 14.3 Å². The Hall–Kier alpha value is -2.30. The molecule has 2 amide bonds. The first kappa shape index (κ1) is 19.0. The van der Waals surface area contributed by atoms with Crippen LogP contribution < -0.4 is 10.1 Å². The largest absolute Gasteiger partial charge is 0.496 e. The van der Waals surface area contributed by atoms with Crippen molar-refractivity contribution in [1.29, 1.82) is 0 Å². The summed E-state index contributed by atoms with van der Waals surface area (Å²) in [5, 5.41) is 2.86. The molecule has 136 valence electrons. The molecule has 1 fully saturated rings. The zero-order chi connectivity index (χ0) is 18.2. The van der Waals surface area contributed by atoms with E-state index >= 15 is 0 Å². The van der Waals surface area contributed by atoms with Crippen molar-refractivity contribution in [1.82, 2.24) is 10.2 Å². The fraction of sp³-hybridized carbons (Fsp3) is 0.500. The molecule has 0 aliphatic carbocycles. The molecule has 1 saturated heterocycles. The van der Waals surface area contributed by atoms with Crippen LogP contribution >= 0.6 is 0 Å². The lowest BCUT2D eigenvalue weighted by molar-refractivity contribution is -0.132. The fourth-order valence-electron chi connectivity index (χ4n) is 3.18. The van der Waals surface area contributed by atoms with Gasteiger partial charge in [-0.2, -0.15) is 0 Å². The van der Waals surface area contributed by atoms with Crippen molar-refractivity contribution in [2.24, 2.45) is 5.92 Å². The molecule has 2 rings (SSSR count). The number of allylic oxidation sites excluding steroid dienone is 1. The first-order valence-corrected chi connectivity index (χ1v) is 8.90. The molecule has 0 saturated carbocycles. The van der Waals surface area contributed by atoms with Crippen LogP contribution in [-0.2, 0) is 16.0 Å². The smallest absolute Gasteiger partial charge is 0.246 e. The average molecular weight is 344 g/mol. The topological polar surface area (TPSA) is 58.6 Å². The van der Waals surface area contributed by atoms with Crippen LogP contribution in [0.1, 0.15) is 32.3 Å². The van der Waals surface area contributed by atoms with Gasteiger partial charge in [0.05, 0.1) is 7.11 Å². The molecule has 0 unspecified atom stereocenters. The third-order valence-corrected chi connectivity index (χ3v) is 4.56. The van der Waals surface area contributed by atoms with Crippen molar-refractivity contribution in [3.05, 3.63) is 41.5 Å². The maximum atomic E-state index is 12.5. The van der Waals surface area contributed by atoms with Gasteiger partial charge in [0, 0.05) is 31.6 Å². The van der Waals surface area contributed by atoms with Gasteiger partial charge in [0.1, 0.15) is 5.75 Å². The minimum atomic E-state index is 0.0294. The highest BCUT2D eigenvalue weighted by molar-refractivity contribution is 5.88. The highest BCUT2D eigenvalue weighted by Gasteiger charge is 2.26. The van der Waals surface area contributed by atoms with Gasteiger partial charge in [0.25, 0.3) is 0 Å². The van der Waals surface area contributed by atoms with E-state index in [1.54, 1.807) is 13.2 Å². The lowest BCUT2D eigenvalue weighted by atomic mass is 9.95. The van der Waals surface area contributed by atoms with Gasteiger partial charge in [-0.25, -0.2) is 0 Å². The number of ether oxygens (including phenoxy) is 1. The van der Waals surface area contributed by atoms with Crippen molar-refractivity contribution in [3.63, 3.8) is 0 Å². The van der Waals surface area contributed by atoms with Crippen LogP contribution in [0.4, 0.5) is 0 Å². The second-order valence-corrected chi connectivity index (χ2v) is 6.47. The summed E-state index contributed by atoms with van der Waals surface area (Å²) in [6.07, 6.45) is 3.86. The Kier molecular flexibility index (Phi) is 7.04. The molecule has 0 bridgehead atoms. The maximum Gasteiger partial charge on any atom is 0.246 e. The van der Waals surface area contributed by atoms with Crippen LogP contribution in [0, 0.1) is 5.92 Å². The summed E-state index contributed by atoms with van der Waals surface area (Å²) < 4.78 is 5.36. The van der Waals surface area contributed by atoms with Crippen molar-refractivity contribution in [2.75, 3.05) is 26.7 Å². The third-order valence-electron chi connectivity index (χ3n) is 4.56. The van der Waals surface area contributed by atoms with E-state index in [1.807, 2.05) is 43.0 Å². The van der Waals surface area contributed by atoms with Crippen LogP contribution in [0.25, 0.3) is 0 Å². The summed E-state index contributed by atoms with van der Waals surface area (Å²) in [5.74, 6) is 1.01. The molecule has 5 heteroatoms. The van der Waals surface area contributed by atoms with Gasteiger partial charge in [-0.05, 0) is 44.7 Å². The lowest BCUT2D eigenvalue weighted by Gasteiger charge is -2.30. The molecule has 1 aliphatic rings. The molecule has 0 aromatic heterocycles. The lowest BCUT2D eigenvalue weighted by Crippen LogP contribution is -2.42. The Labute approximate surface area is 150 Å². The minimum absolute atomic E-state index is 0.0294. The number of carbonyl (C=O) groups is 2. The molecule has 1 aromatic rings. The van der Waals surface area contributed by atoms with E-state index < -0.39 is 0 Å². The monoisotopic (exact) mass is 344 g/mol. The molecule has 1 aliphatic heterocycles. The number of carbonyl (C=O) groups excluding carboxylic acids is 2. The molecule has 0 atom stereocenters. The molecule has 0 radical (unpaired) electrons. The number of hydrogen-bond acceptors (Lipinski definition) is 3. The molecule has 1 N–H and O–H groups in total. The van der Waals surface area contributed by atoms with Gasteiger partial charge in [-0.3, -0.25) is 9.59 Å². The van der Waals surface area contributed by atoms with Gasteiger partial charge in [-0.15, -0.1) is 0 Å². The summed E-state index contributed by atoms with van der Waals surface area (Å²) in [6.45, 7) is 5.82. The third kappa shape index (κ3) is 5.34. The molecule has 1 heterocycles. The maximum absolute atomic E-state index is 12.5. The second kappa shape index (κ2) is 9.25. The zero-order valence-corrected chi connectivity index (χ0v) is 15.4. The number of hydrogen-bond donors (Lipinski definition) is 1. The molecule has 5 nitrogen and oxygen atoms in total. The van der Waals surface area contributed by atoms with E-state index in [1.165, 1.54) is 0 Å². The second-order valence-electron chi connectivity index (χ2n) is 6.47. The zero-order valence-electron chi connectivity index (χ0n) is 15.4.